The number of nitrogens with zero attached hydrogens (tertiary/aromatic N) is 1. The van der Waals surface area contributed by atoms with Crippen LogP contribution in [0.2, 0.25) is 10.0 Å². The number of carbonyl (C=O) groups excluding carboxylic acids is 1. The average molecular weight is 438 g/mol. The molecule has 0 atom stereocenters. The Balaban J connectivity index is 1.86. The molecule has 0 aliphatic heterocycles. The van der Waals surface area contributed by atoms with Gasteiger partial charge in [-0.15, -0.1) is 11.3 Å². The van der Waals surface area contributed by atoms with Crippen LogP contribution in [-0.2, 0) is 26.9 Å². The van der Waals surface area contributed by atoms with Gasteiger partial charge >= 0.3 is 6.03 Å². The first kappa shape index (κ1) is 20.9. The Kier molecular flexibility index (Phi) is 7.66. The zero-order chi connectivity index (χ0) is 19.2. The quantitative estimate of drug-likeness (QED) is 0.659. The van der Waals surface area contributed by atoms with E-state index >= 15 is 0 Å². The molecule has 0 fully saturated rings. The number of urea groups is 1. The van der Waals surface area contributed by atoms with Crippen LogP contribution in [0.15, 0.2) is 23.6 Å². The number of ether oxygens (including phenoxy) is 1. The number of anilines is 1. The second-order valence-corrected chi connectivity index (χ2v) is 9.14. The summed E-state index contributed by atoms with van der Waals surface area (Å²) < 4.78 is 28.5. The van der Waals surface area contributed by atoms with E-state index in [2.05, 4.69) is 15.6 Å². The normalized spacial score (nSPS) is 11.3. The molecule has 7 nitrogen and oxygen atoms in total. The van der Waals surface area contributed by atoms with Crippen molar-refractivity contribution < 1.29 is 17.9 Å². The molecule has 0 saturated carbocycles. The average Bonchev–Trinajstić information content (AvgIpc) is 3.00. The lowest BCUT2D eigenvalue weighted by atomic mass is 10.2. The minimum Gasteiger partial charge on any atom is -0.384 e. The smallest absolute Gasteiger partial charge is 0.321 e. The third-order valence-corrected chi connectivity index (χ3v) is 6.25. The Morgan fingerprint density at radius 3 is 2.77 bits per heavy atom. The molecule has 0 aliphatic carbocycles. The molecule has 1 aromatic heterocycles. The van der Waals surface area contributed by atoms with Gasteiger partial charge in [0, 0.05) is 19.0 Å². The Morgan fingerprint density at radius 2 is 2.08 bits per heavy atom. The zero-order valence-electron chi connectivity index (χ0n) is 13.8. The van der Waals surface area contributed by atoms with E-state index in [0.717, 1.165) is 16.9 Å². The van der Waals surface area contributed by atoms with Gasteiger partial charge in [0.25, 0.3) is 0 Å². The summed E-state index contributed by atoms with van der Waals surface area (Å²) in [6.07, 6.45) is 0. The lowest BCUT2D eigenvalue weighted by Gasteiger charge is -2.06. The maximum absolute atomic E-state index is 11.9. The molecule has 11 heteroatoms. The number of nitrogens with one attached hydrogen (secondary N) is 2. The van der Waals surface area contributed by atoms with Gasteiger partial charge in [-0.25, -0.2) is 18.2 Å². The number of methoxy groups -OCH3 is 1. The molecule has 2 aromatic rings. The van der Waals surface area contributed by atoms with Crippen LogP contribution in [0.1, 0.15) is 11.3 Å². The number of carbonyl (C=O) groups is 1. The highest BCUT2D eigenvalue weighted by Crippen LogP contribution is 2.22. The van der Waals surface area contributed by atoms with Crippen LogP contribution in [-0.4, -0.2) is 38.9 Å². The van der Waals surface area contributed by atoms with Gasteiger partial charge < -0.3 is 10.1 Å². The van der Waals surface area contributed by atoms with Gasteiger partial charge in [0.05, 0.1) is 33.9 Å². The van der Waals surface area contributed by atoms with Gasteiger partial charge in [-0.3, -0.25) is 5.32 Å². The van der Waals surface area contributed by atoms with Gasteiger partial charge in [-0.2, -0.15) is 0 Å². The number of halogens is 2. The second kappa shape index (κ2) is 9.52. The number of sulfone groups is 1. The summed E-state index contributed by atoms with van der Waals surface area (Å²) in [6, 6.07) is 4.60. The lowest BCUT2D eigenvalue weighted by molar-refractivity contribution is 0.217. The third-order valence-electron chi connectivity index (χ3n) is 3.18. The highest BCUT2D eigenvalue weighted by molar-refractivity contribution is 7.90. The Morgan fingerprint density at radius 1 is 1.31 bits per heavy atom. The topological polar surface area (TPSA) is 97.4 Å². The molecule has 0 aliphatic rings. The fourth-order valence-electron chi connectivity index (χ4n) is 1.91. The molecule has 0 radical (unpaired) electrons. The molecule has 142 valence electrons. The minimum atomic E-state index is -3.30. The second-order valence-electron chi connectivity index (χ2n) is 5.28. The summed E-state index contributed by atoms with van der Waals surface area (Å²) in [5.74, 6) is -0.270. The predicted octanol–water partition coefficient (Wildman–Crippen LogP) is 3.33. The van der Waals surface area contributed by atoms with Gasteiger partial charge in [-0.05, 0) is 17.7 Å². The number of amides is 2. The summed E-state index contributed by atoms with van der Waals surface area (Å²) >= 11 is 12.9. The minimum absolute atomic E-state index is 0.0755. The van der Waals surface area contributed by atoms with E-state index in [1.807, 2.05) is 0 Å². The van der Waals surface area contributed by atoms with Crippen LogP contribution in [0, 0.1) is 0 Å². The zero-order valence-corrected chi connectivity index (χ0v) is 16.9. The molecule has 1 heterocycles. The van der Waals surface area contributed by atoms with E-state index in [9.17, 15) is 13.2 Å². The van der Waals surface area contributed by atoms with Crippen molar-refractivity contribution >= 4 is 55.5 Å². The molecule has 0 bridgehead atoms. The summed E-state index contributed by atoms with van der Waals surface area (Å²) in [7, 11) is -1.86. The fourth-order valence-corrected chi connectivity index (χ4v) is 4.21. The van der Waals surface area contributed by atoms with Crippen LogP contribution in [0.3, 0.4) is 0 Å². The first-order chi connectivity index (χ1) is 12.3. The maximum Gasteiger partial charge on any atom is 0.321 e. The van der Waals surface area contributed by atoms with E-state index in [4.69, 9.17) is 27.9 Å². The van der Waals surface area contributed by atoms with Crippen LogP contribution in [0.4, 0.5) is 9.93 Å². The first-order valence-corrected chi connectivity index (χ1v) is 10.9. The van der Waals surface area contributed by atoms with E-state index in [1.165, 1.54) is 7.11 Å². The van der Waals surface area contributed by atoms with Crippen molar-refractivity contribution in [2.75, 3.05) is 24.8 Å². The highest BCUT2D eigenvalue weighted by atomic mass is 35.5. The van der Waals surface area contributed by atoms with Gasteiger partial charge in [-0.1, -0.05) is 29.3 Å². The number of hydrogen-bond donors (Lipinski definition) is 2. The maximum atomic E-state index is 11.9. The van der Waals surface area contributed by atoms with Crippen LogP contribution in [0.5, 0.6) is 0 Å². The van der Waals surface area contributed by atoms with Crippen molar-refractivity contribution in [3.63, 3.8) is 0 Å². The summed E-state index contributed by atoms with van der Waals surface area (Å²) in [5.41, 5.74) is 1.17. The Hall–Kier alpha value is -1.39. The van der Waals surface area contributed by atoms with Crippen LogP contribution >= 0.6 is 34.5 Å². The lowest BCUT2D eigenvalue weighted by Crippen LogP contribution is -2.28. The predicted molar refractivity (Wildman–Crippen MR) is 104 cm³/mol. The Labute approximate surface area is 165 Å². The van der Waals surface area contributed by atoms with Gasteiger partial charge in [0.2, 0.25) is 0 Å². The Bertz CT molecular complexity index is 872. The SMILES string of the molecule is COCCS(=O)(=O)Cc1csc(NC(=O)NCc2ccc(Cl)c(Cl)c2)n1. The number of thiazole rings is 1. The molecule has 26 heavy (non-hydrogen) atoms. The van der Waals surface area contributed by atoms with Crippen molar-refractivity contribution in [2.45, 2.75) is 12.3 Å². The summed E-state index contributed by atoms with van der Waals surface area (Å²) in [5, 5.41) is 7.98. The van der Waals surface area contributed by atoms with E-state index in [0.29, 0.717) is 20.9 Å². The van der Waals surface area contributed by atoms with Gasteiger partial charge in [0.1, 0.15) is 0 Å². The number of aromatic nitrogens is 1. The van der Waals surface area contributed by atoms with Crippen LogP contribution < -0.4 is 10.6 Å². The van der Waals surface area contributed by atoms with Crippen molar-refractivity contribution in [3.05, 3.63) is 44.9 Å². The molecule has 0 spiro atoms. The van der Waals surface area contributed by atoms with Crippen molar-refractivity contribution in [2.24, 2.45) is 0 Å². The van der Waals surface area contributed by atoms with Crippen molar-refractivity contribution in [1.29, 1.82) is 0 Å². The van der Waals surface area contributed by atoms with Crippen molar-refractivity contribution in [1.82, 2.24) is 10.3 Å². The molecule has 0 saturated heterocycles. The molecule has 2 rings (SSSR count). The number of hydrogen-bond acceptors (Lipinski definition) is 6. The van der Waals surface area contributed by atoms with Crippen LogP contribution in [0.25, 0.3) is 0 Å². The molecular weight excluding hydrogens is 421 g/mol. The molecule has 2 amide bonds. The molecule has 1 aromatic carbocycles. The van der Waals surface area contributed by atoms with E-state index in [-0.39, 0.29) is 24.7 Å². The highest BCUT2D eigenvalue weighted by Gasteiger charge is 2.15. The standard InChI is InChI=1S/C15H17Cl2N3O4S2/c1-24-4-5-26(22,23)9-11-8-25-15(19-11)20-14(21)18-7-10-2-3-12(16)13(17)6-10/h2-3,6,8H,4-5,7,9H2,1H3,(H2,18,19,20,21). The molecule has 0 unspecified atom stereocenters. The van der Waals surface area contributed by atoms with Crippen molar-refractivity contribution in [3.8, 4) is 0 Å². The third kappa shape index (κ3) is 6.73. The fraction of sp³-hybridized carbons (Fsp3) is 0.333. The number of rotatable bonds is 8. The molecular formula is C15H17Cl2N3O4S2. The summed E-state index contributed by atoms with van der Waals surface area (Å²) in [4.78, 5) is 16.0. The molecule has 2 N–H and O–H groups in total. The number of benzene rings is 1. The van der Waals surface area contributed by atoms with E-state index in [1.54, 1.807) is 23.6 Å². The van der Waals surface area contributed by atoms with E-state index < -0.39 is 15.9 Å². The first-order valence-electron chi connectivity index (χ1n) is 7.41. The summed E-state index contributed by atoms with van der Waals surface area (Å²) in [6.45, 7) is 0.390. The van der Waals surface area contributed by atoms with Gasteiger partial charge in [0.15, 0.2) is 15.0 Å². The monoisotopic (exact) mass is 437 g/mol. The largest absolute Gasteiger partial charge is 0.384 e.